The zero-order chi connectivity index (χ0) is 20.7. The molecule has 2 aromatic rings. The van der Waals surface area contributed by atoms with E-state index in [1.807, 2.05) is 36.4 Å². The molecule has 1 amide bonds. The van der Waals surface area contributed by atoms with Gasteiger partial charge in [0.25, 0.3) is 5.91 Å². The molecule has 5 heteroatoms. The second-order valence-corrected chi connectivity index (χ2v) is 8.35. The molecule has 0 spiro atoms. The molecule has 4 nitrogen and oxygen atoms in total. The zero-order valence-corrected chi connectivity index (χ0v) is 19.4. The lowest BCUT2D eigenvalue weighted by molar-refractivity contribution is 0.0955. The first-order chi connectivity index (χ1) is 14.2. The normalized spacial score (nSPS) is 11.0. The number of hydrazone groups is 1. The van der Waals surface area contributed by atoms with Gasteiger partial charge in [-0.05, 0) is 71.0 Å². The van der Waals surface area contributed by atoms with Crippen molar-refractivity contribution < 1.29 is 9.53 Å². The summed E-state index contributed by atoms with van der Waals surface area (Å²) in [6.45, 7) is 2.97. The molecule has 0 radical (unpaired) electrons. The van der Waals surface area contributed by atoms with Gasteiger partial charge in [0, 0.05) is 9.13 Å². The third-order valence-corrected chi connectivity index (χ3v) is 5.28. The molecule has 1 N–H and O–H groups in total. The Kier molecular flexibility index (Phi) is 11.4. The first-order valence-electron chi connectivity index (χ1n) is 10.5. The van der Waals surface area contributed by atoms with E-state index in [-0.39, 0.29) is 5.91 Å². The third-order valence-electron chi connectivity index (χ3n) is 4.61. The highest BCUT2D eigenvalue weighted by Crippen LogP contribution is 2.14. The number of rotatable bonds is 13. The summed E-state index contributed by atoms with van der Waals surface area (Å²) in [5, 5.41) is 4.02. The van der Waals surface area contributed by atoms with Crippen LogP contribution in [0.5, 0.6) is 5.75 Å². The zero-order valence-electron chi connectivity index (χ0n) is 17.2. The molecule has 29 heavy (non-hydrogen) atoms. The molecule has 0 aliphatic heterocycles. The number of nitrogens with zero attached hydrogens (tertiary/aromatic N) is 1. The standard InChI is InChI=1S/C24H31IN2O2/c1-2-3-4-5-6-7-8-9-17-29-23-15-13-21(14-16-23)24(28)27-26-19-20-11-10-12-22(25)18-20/h10-16,18-19H,2-9,17H2,1H3,(H,27,28)/b26-19+. The highest BCUT2D eigenvalue weighted by molar-refractivity contribution is 14.1. The number of ether oxygens (including phenoxy) is 1. The fourth-order valence-electron chi connectivity index (χ4n) is 2.95. The maximum absolute atomic E-state index is 12.2. The van der Waals surface area contributed by atoms with Crippen molar-refractivity contribution in [3.8, 4) is 5.75 Å². The number of carbonyl (C=O) groups is 1. The van der Waals surface area contributed by atoms with Gasteiger partial charge in [-0.3, -0.25) is 4.79 Å². The Labute approximate surface area is 188 Å². The van der Waals surface area contributed by atoms with E-state index in [2.05, 4.69) is 40.0 Å². The van der Waals surface area contributed by atoms with Gasteiger partial charge >= 0.3 is 0 Å². The number of hydrogen-bond acceptors (Lipinski definition) is 3. The first-order valence-corrected chi connectivity index (χ1v) is 11.6. The molecule has 0 unspecified atom stereocenters. The third kappa shape index (κ3) is 9.92. The number of unbranched alkanes of at least 4 members (excludes halogenated alkanes) is 7. The van der Waals surface area contributed by atoms with E-state index in [1.165, 1.54) is 44.9 Å². The van der Waals surface area contributed by atoms with Crippen LogP contribution in [0.2, 0.25) is 0 Å². The van der Waals surface area contributed by atoms with E-state index in [1.54, 1.807) is 18.3 Å². The Morgan fingerprint density at radius 2 is 1.69 bits per heavy atom. The summed E-state index contributed by atoms with van der Waals surface area (Å²) in [4.78, 5) is 12.2. The second kappa shape index (κ2) is 14.1. The highest BCUT2D eigenvalue weighted by atomic mass is 127. The Bertz CT molecular complexity index is 760. The van der Waals surface area contributed by atoms with Gasteiger partial charge in [0.05, 0.1) is 12.8 Å². The number of amides is 1. The van der Waals surface area contributed by atoms with Crippen LogP contribution in [-0.2, 0) is 0 Å². The van der Waals surface area contributed by atoms with Gasteiger partial charge in [-0.1, -0.05) is 64.0 Å². The van der Waals surface area contributed by atoms with Gasteiger partial charge in [-0.15, -0.1) is 0 Å². The van der Waals surface area contributed by atoms with E-state index in [9.17, 15) is 4.79 Å². The molecule has 0 saturated heterocycles. The maximum Gasteiger partial charge on any atom is 0.271 e. The average molecular weight is 506 g/mol. The van der Waals surface area contributed by atoms with Crippen molar-refractivity contribution in [2.75, 3.05) is 6.61 Å². The summed E-state index contributed by atoms with van der Waals surface area (Å²) in [5.41, 5.74) is 4.06. The largest absolute Gasteiger partial charge is 0.494 e. The fourth-order valence-corrected chi connectivity index (χ4v) is 3.51. The Morgan fingerprint density at radius 3 is 2.38 bits per heavy atom. The van der Waals surface area contributed by atoms with E-state index in [0.717, 1.165) is 27.9 Å². The van der Waals surface area contributed by atoms with Crippen molar-refractivity contribution in [1.82, 2.24) is 5.43 Å². The van der Waals surface area contributed by atoms with Crippen LogP contribution in [-0.4, -0.2) is 18.7 Å². The van der Waals surface area contributed by atoms with E-state index in [0.29, 0.717) is 5.56 Å². The molecule has 2 aromatic carbocycles. The van der Waals surface area contributed by atoms with Crippen LogP contribution in [0.3, 0.4) is 0 Å². The van der Waals surface area contributed by atoms with E-state index in [4.69, 9.17) is 4.74 Å². The molecule has 0 aliphatic carbocycles. The molecular weight excluding hydrogens is 475 g/mol. The number of nitrogens with one attached hydrogen (secondary N) is 1. The lowest BCUT2D eigenvalue weighted by atomic mass is 10.1. The molecule has 156 valence electrons. The SMILES string of the molecule is CCCCCCCCCCOc1ccc(C(=O)N/N=C/c2cccc(I)c2)cc1. The molecule has 0 bridgehead atoms. The summed E-state index contributed by atoms with van der Waals surface area (Å²) in [5.74, 6) is 0.563. The van der Waals surface area contributed by atoms with Gasteiger partial charge in [0.15, 0.2) is 0 Å². The fraction of sp³-hybridized carbons (Fsp3) is 0.417. The van der Waals surface area contributed by atoms with Crippen LogP contribution in [0, 0.1) is 3.57 Å². The van der Waals surface area contributed by atoms with Crippen LogP contribution < -0.4 is 10.2 Å². The predicted molar refractivity (Wildman–Crippen MR) is 129 cm³/mol. The summed E-state index contributed by atoms with van der Waals surface area (Å²) >= 11 is 2.24. The van der Waals surface area contributed by atoms with Crippen molar-refractivity contribution in [3.05, 3.63) is 63.2 Å². The summed E-state index contributed by atoms with van der Waals surface area (Å²) < 4.78 is 6.90. The van der Waals surface area contributed by atoms with Crippen LogP contribution in [0.1, 0.15) is 74.2 Å². The van der Waals surface area contributed by atoms with Crippen molar-refractivity contribution in [2.24, 2.45) is 5.10 Å². The lowest BCUT2D eigenvalue weighted by Crippen LogP contribution is -2.17. The number of benzene rings is 2. The maximum atomic E-state index is 12.2. The van der Waals surface area contributed by atoms with Gasteiger partial charge in [-0.25, -0.2) is 5.43 Å². The Hall–Kier alpha value is -1.89. The van der Waals surface area contributed by atoms with Crippen molar-refractivity contribution >= 4 is 34.7 Å². The van der Waals surface area contributed by atoms with Crippen LogP contribution in [0.4, 0.5) is 0 Å². The molecule has 0 heterocycles. The highest BCUT2D eigenvalue weighted by Gasteiger charge is 2.04. The topological polar surface area (TPSA) is 50.7 Å². The van der Waals surface area contributed by atoms with Crippen LogP contribution in [0.15, 0.2) is 53.6 Å². The molecule has 0 aromatic heterocycles. The monoisotopic (exact) mass is 506 g/mol. The van der Waals surface area contributed by atoms with Gasteiger partial charge in [0.1, 0.15) is 5.75 Å². The molecule has 0 fully saturated rings. The van der Waals surface area contributed by atoms with Gasteiger partial charge < -0.3 is 4.74 Å². The molecule has 0 aliphatic rings. The minimum absolute atomic E-state index is 0.235. The molecule has 0 saturated carbocycles. The Balaban J connectivity index is 1.64. The average Bonchev–Trinajstić information content (AvgIpc) is 2.73. The second-order valence-electron chi connectivity index (χ2n) is 7.10. The Morgan fingerprint density at radius 1 is 1.00 bits per heavy atom. The smallest absolute Gasteiger partial charge is 0.271 e. The molecule has 2 rings (SSSR count). The van der Waals surface area contributed by atoms with Crippen LogP contribution >= 0.6 is 22.6 Å². The quantitative estimate of drug-likeness (QED) is 0.145. The summed E-state index contributed by atoms with van der Waals surface area (Å²) in [7, 11) is 0. The number of hydrogen-bond donors (Lipinski definition) is 1. The van der Waals surface area contributed by atoms with Crippen molar-refractivity contribution in [1.29, 1.82) is 0 Å². The summed E-state index contributed by atoms with van der Waals surface area (Å²) in [6.07, 6.45) is 11.9. The van der Waals surface area contributed by atoms with Crippen LogP contribution in [0.25, 0.3) is 0 Å². The molecular formula is C24H31IN2O2. The first kappa shape index (κ1) is 23.4. The van der Waals surface area contributed by atoms with Gasteiger partial charge in [-0.2, -0.15) is 5.10 Å². The number of halogens is 1. The summed E-state index contributed by atoms with van der Waals surface area (Å²) in [6, 6.07) is 15.1. The van der Waals surface area contributed by atoms with Gasteiger partial charge in [0.2, 0.25) is 0 Å². The minimum atomic E-state index is -0.235. The van der Waals surface area contributed by atoms with Crippen molar-refractivity contribution in [3.63, 3.8) is 0 Å². The predicted octanol–water partition coefficient (Wildman–Crippen LogP) is 6.57. The number of carbonyl (C=O) groups excluding carboxylic acids is 1. The van der Waals surface area contributed by atoms with Crippen molar-refractivity contribution in [2.45, 2.75) is 58.3 Å². The van der Waals surface area contributed by atoms with E-state index >= 15 is 0 Å². The molecule has 0 atom stereocenters. The minimum Gasteiger partial charge on any atom is -0.494 e. The van der Waals surface area contributed by atoms with E-state index < -0.39 is 0 Å². The lowest BCUT2D eigenvalue weighted by Gasteiger charge is -2.07.